The van der Waals surface area contributed by atoms with Crippen LogP contribution in [0, 0.1) is 0 Å². The Hall–Kier alpha value is -0.610. The maximum Gasteiger partial charge on any atom is 0.220 e. The lowest BCUT2D eigenvalue weighted by Crippen LogP contribution is -2.45. The van der Waals surface area contributed by atoms with Crippen LogP contribution in [0.2, 0.25) is 0 Å². The van der Waals surface area contributed by atoms with Crippen LogP contribution in [0.1, 0.15) is 245 Å². The average molecular weight is 652 g/mol. The molecule has 3 N–H and O–H groups in total. The highest BCUT2D eigenvalue weighted by Gasteiger charge is 2.19. The first-order chi connectivity index (χ1) is 22.7. The second-order valence-corrected chi connectivity index (χ2v) is 14.8. The Morgan fingerprint density at radius 1 is 0.435 bits per heavy atom. The molecule has 0 aromatic rings. The van der Waals surface area contributed by atoms with Gasteiger partial charge in [0.1, 0.15) is 0 Å². The molecule has 0 spiro atoms. The second-order valence-electron chi connectivity index (χ2n) is 14.8. The van der Waals surface area contributed by atoms with Gasteiger partial charge in [-0.1, -0.05) is 226 Å². The van der Waals surface area contributed by atoms with Gasteiger partial charge in [0, 0.05) is 6.42 Å². The Kier molecular flexibility index (Phi) is 38.3. The number of aliphatic hydroxyl groups excluding tert-OH is 2. The van der Waals surface area contributed by atoms with E-state index in [1.807, 2.05) is 0 Å². The van der Waals surface area contributed by atoms with Gasteiger partial charge in [-0.3, -0.25) is 4.79 Å². The zero-order chi connectivity index (χ0) is 33.6. The number of carbonyl (C=O) groups is 1. The third-order valence-electron chi connectivity index (χ3n) is 10.1. The van der Waals surface area contributed by atoms with Crippen molar-refractivity contribution in [1.82, 2.24) is 5.32 Å². The van der Waals surface area contributed by atoms with E-state index in [-0.39, 0.29) is 12.5 Å². The molecule has 0 radical (unpaired) electrons. The van der Waals surface area contributed by atoms with Crippen LogP contribution >= 0.6 is 0 Å². The highest BCUT2D eigenvalue weighted by Crippen LogP contribution is 2.17. The molecule has 0 aliphatic rings. The molecule has 46 heavy (non-hydrogen) atoms. The molecule has 0 aliphatic heterocycles. The molecule has 0 fully saturated rings. The fraction of sp³-hybridized carbons (Fsp3) is 0.976. The van der Waals surface area contributed by atoms with Crippen LogP contribution in [-0.4, -0.2) is 34.9 Å². The highest BCUT2D eigenvalue weighted by molar-refractivity contribution is 5.76. The van der Waals surface area contributed by atoms with Crippen LogP contribution in [0.5, 0.6) is 0 Å². The molecule has 2 atom stereocenters. The standard InChI is InChI=1S/C42H85NO3/c1-3-5-7-9-11-12-13-14-15-16-17-18-19-20-21-22-23-24-25-26-27-28-29-30-32-34-36-38-42(46)43-40(39-44)41(45)37-35-33-31-10-8-6-4-2/h40-41,44-45H,3-39H2,1-2H3,(H,43,46). The van der Waals surface area contributed by atoms with Crippen molar-refractivity contribution < 1.29 is 15.0 Å². The van der Waals surface area contributed by atoms with Gasteiger partial charge in [0.2, 0.25) is 5.91 Å². The monoisotopic (exact) mass is 652 g/mol. The van der Waals surface area contributed by atoms with Crippen molar-refractivity contribution in [3.8, 4) is 0 Å². The zero-order valence-electron chi connectivity index (χ0n) is 31.6. The van der Waals surface area contributed by atoms with Crippen LogP contribution in [0.4, 0.5) is 0 Å². The first-order valence-electron chi connectivity index (χ1n) is 21.2. The van der Waals surface area contributed by atoms with Gasteiger partial charge in [-0.05, 0) is 12.8 Å². The minimum Gasteiger partial charge on any atom is -0.394 e. The zero-order valence-corrected chi connectivity index (χ0v) is 31.6. The summed E-state index contributed by atoms with van der Waals surface area (Å²) in [5.74, 6) is -0.0303. The topological polar surface area (TPSA) is 69.6 Å². The molecule has 276 valence electrons. The van der Waals surface area contributed by atoms with Gasteiger partial charge < -0.3 is 15.5 Å². The Morgan fingerprint density at radius 3 is 0.978 bits per heavy atom. The van der Waals surface area contributed by atoms with E-state index < -0.39 is 12.1 Å². The van der Waals surface area contributed by atoms with Gasteiger partial charge in [0.25, 0.3) is 0 Å². The van der Waals surface area contributed by atoms with E-state index in [1.54, 1.807) is 0 Å². The second kappa shape index (κ2) is 38.8. The SMILES string of the molecule is CCCCCCCCCCCCCCCCCCCCCCCCCCCCCC(=O)NC(CO)C(O)CCCCCCCCC. The number of hydrogen-bond donors (Lipinski definition) is 3. The van der Waals surface area contributed by atoms with Crippen molar-refractivity contribution in [1.29, 1.82) is 0 Å². The summed E-state index contributed by atoms with van der Waals surface area (Å²) in [5.41, 5.74) is 0. The van der Waals surface area contributed by atoms with E-state index >= 15 is 0 Å². The lowest BCUT2D eigenvalue weighted by atomic mass is 10.0. The van der Waals surface area contributed by atoms with Crippen LogP contribution < -0.4 is 5.32 Å². The molecule has 0 aromatic carbocycles. The van der Waals surface area contributed by atoms with Crippen LogP contribution in [0.3, 0.4) is 0 Å². The Bertz CT molecular complexity index is 583. The highest BCUT2D eigenvalue weighted by atomic mass is 16.3. The number of carbonyl (C=O) groups excluding carboxylic acids is 1. The van der Waals surface area contributed by atoms with Gasteiger partial charge in [-0.25, -0.2) is 0 Å². The van der Waals surface area contributed by atoms with E-state index in [2.05, 4.69) is 19.2 Å². The Balaban J connectivity index is 3.34. The molecule has 0 rings (SSSR count). The third-order valence-corrected chi connectivity index (χ3v) is 10.1. The number of rotatable bonds is 39. The summed E-state index contributed by atoms with van der Waals surface area (Å²) in [6.07, 6.45) is 46.3. The molecule has 4 nitrogen and oxygen atoms in total. The maximum atomic E-state index is 12.3. The summed E-state index contributed by atoms with van der Waals surface area (Å²) >= 11 is 0. The largest absolute Gasteiger partial charge is 0.394 e. The minimum atomic E-state index is -0.650. The molecule has 0 bridgehead atoms. The number of hydrogen-bond acceptors (Lipinski definition) is 3. The number of nitrogens with one attached hydrogen (secondary N) is 1. The normalized spacial score (nSPS) is 12.9. The van der Waals surface area contributed by atoms with Gasteiger partial charge >= 0.3 is 0 Å². The summed E-state index contributed by atoms with van der Waals surface area (Å²) in [4.78, 5) is 12.3. The van der Waals surface area contributed by atoms with Crippen molar-refractivity contribution in [3.63, 3.8) is 0 Å². The van der Waals surface area contributed by atoms with E-state index in [1.165, 1.54) is 193 Å². The summed E-state index contributed by atoms with van der Waals surface area (Å²) in [6, 6.07) is -0.526. The molecule has 0 aromatic heterocycles. The molecule has 0 aliphatic carbocycles. The molecule has 2 unspecified atom stereocenters. The quantitative estimate of drug-likeness (QED) is 0.0579. The lowest BCUT2D eigenvalue weighted by molar-refractivity contribution is -0.123. The molecule has 1 amide bonds. The fourth-order valence-electron chi connectivity index (χ4n) is 6.83. The van der Waals surface area contributed by atoms with E-state index in [0.717, 1.165) is 25.7 Å². The van der Waals surface area contributed by atoms with Gasteiger partial charge in [-0.2, -0.15) is 0 Å². The molecule has 0 saturated heterocycles. The van der Waals surface area contributed by atoms with Gasteiger partial charge in [0.15, 0.2) is 0 Å². The van der Waals surface area contributed by atoms with Crippen molar-refractivity contribution in [2.24, 2.45) is 0 Å². The van der Waals surface area contributed by atoms with Crippen LogP contribution in [0.25, 0.3) is 0 Å². The van der Waals surface area contributed by atoms with Crippen molar-refractivity contribution in [2.45, 2.75) is 257 Å². The predicted octanol–water partition coefficient (Wildman–Crippen LogP) is 12.9. The number of amides is 1. The van der Waals surface area contributed by atoms with E-state index in [0.29, 0.717) is 12.8 Å². The third kappa shape index (κ3) is 34.7. The van der Waals surface area contributed by atoms with Gasteiger partial charge in [0.05, 0.1) is 18.8 Å². The molecular formula is C42H85NO3. The van der Waals surface area contributed by atoms with E-state index in [9.17, 15) is 15.0 Å². The first-order valence-corrected chi connectivity index (χ1v) is 21.2. The fourth-order valence-corrected chi connectivity index (χ4v) is 6.83. The predicted molar refractivity (Wildman–Crippen MR) is 203 cm³/mol. The minimum absolute atomic E-state index is 0.0303. The number of unbranched alkanes of at least 4 members (excludes halogenated alkanes) is 32. The van der Waals surface area contributed by atoms with Crippen LogP contribution in [0.15, 0.2) is 0 Å². The van der Waals surface area contributed by atoms with Gasteiger partial charge in [-0.15, -0.1) is 0 Å². The first kappa shape index (κ1) is 45.4. The van der Waals surface area contributed by atoms with Crippen molar-refractivity contribution in [2.75, 3.05) is 6.61 Å². The summed E-state index contributed by atoms with van der Waals surface area (Å²) in [7, 11) is 0. The lowest BCUT2D eigenvalue weighted by Gasteiger charge is -2.22. The number of aliphatic hydroxyl groups is 2. The summed E-state index contributed by atoms with van der Waals surface area (Å²) in [6.45, 7) is 4.33. The Morgan fingerprint density at radius 2 is 0.696 bits per heavy atom. The maximum absolute atomic E-state index is 12.3. The molecule has 0 saturated carbocycles. The van der Waals surface area contributed by atoms with Crippen LogP contribution in [-0.2, 0) is 4.79 Å². The summed E-state index contributed by atoms with van der Waals surface area (Å²) < 4.78 is 0. The summed E-state index contributed by atoms with van der Waals surface area (Å²) in [5, 5.41) is 22.9. The Labute approximate surface area is 289 Å². The van der Waals surface area contributed by atoms with Crippen molar-refractivity contribution in [3.05, 3.63) is 0 Å². The van der Waals surface area contributed by atoms with Crippen molar-refractivity contribution >= 4 is 5.91 Å². The molecule has 0 heterocycles. The van der Waals surface area contributed by atoms with E-state index in [4.69, 9.17) is 0 Å². The molecular weight excluding hydrogens is 566 g/mol. The molecule has 4 heteroatoms. The average Bonchev–Trinajstić information content (AvgIpc) is 3.06. The smallest absolute Gasteiger partial charge is 0.220 e.